The molecular weight excluding hydrogens is 370 g/mol. The van der Waals surface area contributed by atoms with Crippen LogP contribution in [0.5, 0.6) is 0 Å². The van der Waals surface area contributed by atoms with Crippen LogP contribution in [0.2, 0.25) is 10.0 Å². The number of allylic oxidation sites excluding steroid dienone is 2. The minimum Gasteiger partial charge on any atom is -0.376 e. The van der Waals surface area contributed by atoms with Crippen LogP contribution in [0.1, 0.15) is 35.1 Å². The minimum absolute atomic E-state index is 0.0352. The lowest BCUT2D eigenvalue weighted by Crippen LogP contribution is -2.31. The average molecular weight is 384 g/mol. The van der Waals surface area contributed by atoms with Gasteiger partial charge in [-0.3, -0.25) is 0 Å². The zero-order chi connectivity index (χ0) is 17.8. The molecule has 0 spiro atoms. The maximum atomic E-state index is 13.5. The molecule has 0 saturated heterocycles. The van der Waals surface area contributed by atoms with Crippen LogP contribution in [0.4, 0.5) is 18.9 Å². The molecular formula is C19H14Cl2F3N. The van der Waals surface area contributed by atoms with Gasteiger partial charge in [-0.2, -0.15) is 13.2 Å². The lowest BCUT2D eigenvalue weighted by molar-refractivity contribution is -0.138. The summed E-state index contributed by atoms with van der Waals surface area (Å²) >= 11 is 12.7. The second-order valence-corrected chi connectivity index (χ2v) is 7.19. The van der Waals surface area contributed by atoms with Gasteiger partial charge in [0.05, 0.1) is 22.3 Å². The first-order valence-corrected chi connectivity index (χ1v) is 8.70. The fourth-order valence-corrected chi connectivity index (χ4v) is 4.47. The molecule has 25 heavy (non-hydrogen) atoms. The van der Waals surface area contributed by atoms with Crippen LogP contribution in [0, 0.1) is 5.92 Å². The Kier molecular flexibility index (Phi) is 4.00. The van der Waals surface area contributed by atoms with Gasteiger partial charge in [-0.15, -0.1) is 0 Å². The molecule has 0 fully saturated rings. The molecule has 1 aliphatic heterocycles. The number of hydrogen-bond acceptors (Lipinski definition) is 1. The van der Waals surface area contributed by atoms with Crippen molar-refractivity contribution in [3.8, 4) is 0 Å². The number of benzene rings is 2. The number of halogens is 5. The quantitative estimate of drug-likeness (QED) is 0.531. The van der Waals surface area contributed by atoms with Crippen molar-refractivity contribution in [2.45, 2.75) is 24.6 Å². The first-order valence-electron chi connectivity index (χ1n) is 7.95. The number of hydrogen-bond donors (Lipinski definition) is 1. The van der Waals surface area contributed by atoms with Gasteiger partial charge in [-0.05, 0) is 36.1 Å². The molecule has 1 aliphatic carbocycles. The van der Waals surface area contributed by atoms with Crippen LogP contribution in [0.15, 0.2) is 48.6 Å². The van der Waals surface area contributed by atoms with E-state index in [9.17, 15) is 13.2 Å². The molecule has 2 aromatic rings. The van der Waals surface area contributed by atoms with E-state index < -0.39 is 17.8 Å². The molecule has 1 heterocycles. The number of rotatable bonds is 1. The van der Waals surface area contributed by atoms with Gasteiger partial charge in [-0.1, -0.05) is 53.6 Å². The number of alkyl halides is 3. The summed E-state index contributed by atoms with van der Waals surface area (Å²) in [5.74, 6) is -0.0827. The summed E-state index contributed by atoms with van der Waals surface area (Å²) in [5, 5.41) is 4.29. The van der Waals surface area contributed by atoms with Gasteiger partial charge in [0.2, 0.25) is 0 Å². The molecule has 2 aromatic carbocycles. The van der Waals surface area contributed by atoms with Crippen LogP contribution in [-0.2, 0) is 6.18 Å². The predicted octanol–water partition coefficient (Wildman–Crippen LogP) is 6.84. The van der Waals surface area contributed by atoms with E-state index in [1.807, 2.05) is 12.2 Å². The predicted molar refractivity (Wildman–Crippen MR) is 94.3 cm³/mol. The maximum absolute atomic E-state index is 13.5. The summed E-state index contributed by atoms with van der Waals surface area (Å²) in [7, 11) is 0. The van der Waals surface area contributed by atoms with Crippen molar-refractivity contribution in [1.82, 2.24) is 0 Å². The van der Waals surface area contributed by atoms with Gasteiger partial charge in [0, 0.05) is 16.5 Å². The smallest absolute Gasteiger partial charge is 0.376 e. The molecule has 0 aromatic heterocycles. The SMILES string of the molecule is FC(F)(F)c1ccccc1[C@H]1Nc2c(Cl)ccc(Cl)c2[C@H]2C=CC[C@@H]21. The molecule has 6 heteroatoms. The molecule has 2 aliphatic rings. The molecule has 0 radical (unpaired) electrons. The molecule has 0 amide bonds. The van der Waals surface area contributed by atoms with Crippen molar-refractivity contribution < 1.29 is 13.2 Å². The average Bonchev–Trinajstić information content (AvgIpc) is 3.06. The molecule has 4 rings (SSSR count). The molecule has 1 N–H and O–H groups in total. The zero-order valence-electron chi connectivity index (χ0n) is 12.9. The van der Waals surface area contributed by atoms with Crippen LogP contribution >= 0.6 is 23.2 Å². The van der Waals surface area contributed by atoms with Crippen molar-refractivity contribution in [3.63, 3.8) is 0 Å². The molecule has 3 atom stereocenters. The van der Waals surface area contributed by atoms with Gasteiger partial charge in [0.15, 0.2) is 0 Å². The summed E-state index contributed by atoms with van der Waals surface area (Å²) in [4.78, 5) is 0. The third kappa shape index (κ3) is 2.72. The van der Waals surface area contributed by atoms with Gasteiger partial charge in [0.25, 0.3) is 0 Å². The van der Waals surface area contributed by atoms with Crippen molar-refractivity contribution in [1.29, 1.82) is 0 Å². The third-order valence-corrected chi connectivity index (χ3v) is 5.66. The Morgan fingerprint density at radius 2 is 1.72 bits per heavy atom. The van der Waals surface area contributed by atoms with E-state index in [-0.39, 0.29) is 17.4 Å². The molecule has 0 saturated carbocycles. The van der Waals surface area contributed by atoms with Crippen LogP contribution in [0.3, 0.4) is 0 Å². The van der Waals surface area contributed by atoms with E-state index in [0.29, 0.717) is 22.2 Å². The van der Waals surface area contributed by atoms with E-state index >= 15 is 0 Å². The Morgan fingerprint density at radius 1 is 1.00 bits per heavy atom. The third-order valence-electron chi connectivity index (χ3n) is 5.02. The summed E-state index contributed by atoms with van der Waals surface area (Å²) in [6.07, 6.45) is 0.317. The van der Waals surface area contributed by atoms with E-state index in [2.05, 4.69) is 5.32 Å². The fourth-order valence-electron chi connectivity index (χ4n) is 3.96. The van der Waals surface area contributed by atoms with Crippen LogP contribution in [0.25, 0.3) is 0 Å². The van der Waals surface area contributed by atoms with Gasteiger partial charge in [0.1, 0.15) is 0 Å². The Balaban J connectivity index is 1.88. The summed E-state index contributed by atoms with van der Waals surface area (Å²) < 4.78 is 40.5. The Hall–Kier alpha value is -1.65. The van der Waals surface area contributed by atoms with Crippen LogP contribution < -0.4 is 5.32 Å². The summed E-state index contributed by atoms with van der Waals surface area (Å²) in [6.45, 7) is 0. The molecule has 0 unspecified atom stereocenters. The van der Waals surface area contributed by atoms with Crippen molar-refractivity contribution in [2.75, 3.05) is 5.32 Å². The Bertz CT molecular complexity index is 860. The van der Waals surface area contributed by atoms with Crippen LogP contribution in [-0.4, -0.2) is 0 Å². The van der Waals surface area contributed by atoms with Gasteiger partial charge >= 0.3 is 6.18 Å². The second kappa shape index (κ2) is 5.96. The first kappa shape index (κ1) is 16.8. The van der Waals surface area contributed by atoms with E-state index in [1.165, 1.54) is 6.07 Å². The largest absolute Gasteiger partial charge is 0.416 e. The second-order valence-electron chi connectivity index (χ2n) is 6.38. The molecule has 0 bridgehead atoms. The highest BCUT2D eigenvalue weighted by atomic mass is 35.5. The molecule has 130 valence electrons. The lowest BCUT2D eigenvalue weighted by atomic mass is 9.76. The first-order chi connectivity index (χ1) is 11.9. The number of nitrogens with one attached hydrogen (secondary N) is 1. The monoisotopic (exact) mass is 383 g/mol. The number of anilines is 1. The lowest BCUT2D eigenvalue weighted by Gasteiger charge is -2.39. The highest BCUT2D eigenvalue weighted by molar-refractivity contribution is 6.36. The molecule has 1 nitrogen and oxygen atoms in total. The summed E-state index contributed by atoms with van der Waals surface area (Å²) in [6, 6.07) is 8.64. The normalized spacial score (nSPS) is 24.6. The zero-order valence-corrected chi connectivity index (χ0v) is 14.5. The van der Waals surface area contributed by atoms with Gasteiger partial charge < -0.3 is 5.32 Å². The topological polar surface area (TPSA) is 12.0 Å². The van der Waals surface area contributed by atoms with E-state index in [4.69, 9.17) is 23.2 Å². The number of fused-ring (bicyclic) bond motifs is 3. The Labute approximate surface area is 153 Å². The fraction of sp³-hybridized carbons (Fsp3) is 0.263. The van der Waals surface area contributed by atoms with E-state index in [1.54, 1.807) is 24.3 Å². The van der Waals surface area contributed by atoms with E-state index in [0.717, 1.165) is 11.6 Å². The highest BCUT2D eigenvalue weighted by Crippen LogP contribution is 2.54. The standard InChI is InChI=1S/C19H14Cl2F3N/c20-14-8-9-15(21)18-16(14)10-5-3-6-11(10)17(25-18)12-4-1-2-7-13(12)19(22,23)24/h1-5,7-11,17,25H,6H2/t10-,11-,17-/m0/s1. The summed E-state index contributed by atoms with van der Waals surface area (Å²) in [5.41, 5.74) is 1.13. The Morgan fingerprint density at radius 3 is 2.48 bits per heavy atom. The highest BCUT2D eigenvalue weighted by Gasteiger charge is 2.43. The van der Waals surface area contributed by atoms with Crippen molar-refractivity contribution in [2.24, 2.45) is 5.92 Å². The minimum atomic E-state index is -4.40. The maximum Gasteiger partial charge on any atom is 0.416 e. The van der Waals surface area contributed by atoms with Crippen molar-refractivity contribution >= 4 is 28.9 Å². The van der Waals surface area contributed by atoms with Gasteiger partial charge in [-0.25, -0.2) is 0 Å². The van der Waals surface area contributed by atoms with Crippen molar-refractivity contribution in [3.05, 3.63) is 75.3 Å².